The molecule has 8 nitrogen and oxygen atoms in total. The third-order valence-electron chi connectivity index (χ3n) is 13.9. The molecule has 1 aliphatic heterocycles. The van der Waals surface area contributed by atoms with E-state index in [0.717, 1.165) is 31.3 Å². The van der Waals surface area contributed by atoms with Gasteiger partial charge in [0.25, 0.3) is 0 Å². The van der Waals surface area contributed by atoms with Gasteiger partial charge in [0.15, 0.2) is 5.78 Å². The van der Waals surface area contributed by atoms with E-state index >= 15 is 0 Å². The fourth-order valence-corrected chi connectivity index (χ4v) is 11.3. The minimum absolute atomic E-state index is 0.0339. The Hall–Kier alpha value is -1.77. The number of fused-ring (bicyclic) bond motifs is 3. The number of carboxylic acids is 1. The van der Waals surface area contributed by atoms with Crippen molar-refractivity contribution in [3.63, 3.8) is 0 Å². The normalized spacial score (nSPS) is 45.9. The van der Waals surface area contributed by atoms with Crippen LogP contribution < -0.4 is 5.73 Å². The van der Waals surface area contributed by atoms with Gasteiger partial charge in [-0.25, -0.2) is 0 Å². The van der Waals surface area contributed by atoms with E-state index in [1.165, 1.54) is 6.92 Å². The number of nitrogens with two attached hydrogens (primary N) is 1. The van der Waals surface area contributed by atoms with Gasteiger partial charge in [-0.15, -0.1) is 0 Å². The first kappa shape index (κ1) is 33.6. The summed E-state index contributed by atoms with van der Waals surface area (Å²) < 4.78 is 19.0. The Balaban J connectivity index is 1.64. The summed E-state index contributed by atoms with van der Waals surface area (Å²) in [7, 11) is 0. The molecule has 4 fully saturated rings. The number of hydrogen-bond acceptors (Lipinski definition) is 7. The fourth-order valence-electron chi connectivity index (χ4n) is 11.3. The third kappa shape index (κ3) is 4.58. The van der Waals surface area contributed by atoms with Crippen LogP contribution in [-0.4, -0.2) is 60.4 Å². The Labute approximate surface area is 264 Å². The molecule has 2 unspecified atom stereocenters. The van der Waals surface area contributed by atoms with Crippen molar-refractivity contribution in [2.24, 2.45) is 62.4 Å². The van der Waals surface area contributed by atoms with Gasteiger partial charge in [0.2, 0.25) is 0 Å². The zero-order valence-corrected chi connectivity index (χ0v) is 28.7. The molecular weight excluding hydrogens is 558 g/mol. The molecule has 0 aromatic carbocycles. The summed E-state index contributed by atoms with van der Waals surface area (Å²) in [6.07, 6.45) is 4.79. The molecule has 44 heavy (non-hydrogen) atoms. The molecule has 0 aromatic heterocycles. The SMILES string of the molecule is CC(=O)O[C@@H]1C[C@]23COC[C@](C)(C2CCC2C3=CC(=O)[C@@]3(C)[C@H](C(=O)O)[C@@](C)([C@H](C)C(C)C)CC[C@]23C)[C@H]1OCC(C)(C)N. The molecule has 5 rings (SSSR count). The summed E-state index contributed by atoms with van der Waals surface area (Å²) in [5, 5.41) is 10.9. The van der Waals surface area contributed by atoms with Crippen LogP contribution in [0, 0.1) is 56.7 Å². The van der Waals surface area contributed by atoms with Gasteiger partial charge in [-0.3, -0.25) is 14.4 Å². The molecule has 0 spiro atoms. The van der Waals surface area contributed by atoms with E-state index in [9.17, 15) is 19.5 Å². The van der Waals surface area contributed by atoms with Crippen LogP contribution in [-0.2, 0) is 28.6 Å². The summed E-state index contributed by atoms with van der Waals surface area (Å²) in [6, 6.07) is 0. The van der Waals surface area contributed by atoms with E-state index in [-0.39, 0.29) is 29.5 Å². The van der Waals surface area contributed by atoms with E-state index in [0.29, 0.717) is 32.2 Å². The molecule has 8 heteroatoms. The van der Waals surface area contributed by atoms with E-state index in [2.05, 4.69) is 41.5 Å². The maximum Gasteiger partial charge on any atom is 0.308 e. The minimum atomic E-state index is -1.05. The lowest BCUT2D eigenvalue weighted by atomic mass is 9.34. The number of carboxylic acid groups (broad SMARTS) is 1. The molecule has 2 bridgehead atoms. The molecule has 1 heterocycles. The number of rotatable bonds is 7. The van der Waals surface area contributed by atoms with Crippen LogP contribution in [0.3, 0.4) is 0 Å². The lowest BCUT2D eigenvalue weighted by molar-refractivity contribution is -0.267. The van der Waals surface area contributed by atoms with E-state index in [4.69, 9.17) is 19.9 Å². The van der Waals surface area contributed by atoms with Crippen molar-refractivity contribution < 1.29 is 33.7 Å². The number of carbonyl (C=O) groups excluding carboxylic acids is 2. The topological polar surface area (TPSA) is 125 Å². The van der Waals surface area contributed by atoms with Gasteiger partial charge in [0.05, 0.1) is 25.7 Å². The number of hydrogen-bond donors (Lipinski definition) is 2. The maximum atomic E-state index is 14.7. The van der Waals surface area contributed by atoms with Crippen LogP contribution in [0.5, 0.6) is 0 Å². The number of esters is 1. The number of ketones is 1. The van der Waals surface area contributed by atoms with Crippen LogP contribution in [0.2, 0.25) is 0 Å². The standard InChI is InChI=1S/C36H57NO7/c1-20(2)21(3)32(7)13-14-34(9)23-11-12-26-33(8)18-42-19-36(26,24(23)15-27(39)35(34,10)28(32)30(40)41)16-25(44-22(4)38)29(33)43-17-31(5,6)37/h15,20-21,23,25-26,28-29H,11-14,16-19,37H2,1-10H3,(H,40,41)/t21-,23?,25-,26?,28-,29+,32-,33-,34-,35+,36-/m1/s1. The first-order chi connectivity index (χ1) is 20.2. The zero-order valence-electron chi connectivity index (χ0n) is 28.7. The number of allylic oxidation sites excluding steroid dienone is 1. The molecule has 3 saturated carbocycles. The average Bonchev–Trinajstić information content (AvgIpc) is 2.88. The van der Waals surface area contributed by atoms with Gasteiger partial charge in [-0.1, -0.05) is 54.0 Å². The van der Waals surface area contributed by atoms with Crippen LogP contribution in [0.1, 0.15) is 101 Å². The largest absolute Gasteiger partial charge is 0.481 e. The molecule has 0 aromatic rings. The Bertz CT molecular complexity index is 1240. The second-order valence-corrected chi connectivity index (χ2v) is 17.3. The molecule has 0 radical (unpaired) electrons. The van der Waals surface area contributed by atoms with Crippen molar-refractivity contribution in [3.05, 3.63) is 11.6 Å². The van der Waals surface area contributed by atoms with E-state index < -0.39 is 56.7 Å². The summed E-state index contributed by atoms with van der Waals surface area (Å²) in [5.41, 5.74) is 3.81. The predicted molar refractivity (Wildman–Crippen MR) is 168 cm³/mol. The quantitative estimate of drug-likeness (QED) is 0.344. The van der Waals surface area contributed by atoms with Crippen LogP contribution in [0.15, 0.2) is 11.6 Å². The molecule has 1 saturated heterocycles. The summed E-state index contributed by atoms with van der Waals surface area (Å²) >= 11 is 0. The lowest BCUT2D eigenvalue weighted by Crippen LogP contribution is -2.71. The smallest absolute Gasteiger partial charge is 0.308 e. The molecule has 3 N–H and O–H groups in total. The van der Waals surface area contributed by atoms with Crippen molar-refractivity contribution in [1.82, 2.24) is 0 Å². The van der Waals surface area contributed by atoms with Gasteiger partial charge in [0.1, 0.15) is 12.2 Å². The second kappa shape index (κ2) is 10.6. The Morgan fingerprint density at radius 1 is 1.11 bits per heavy atom. The lowest BCUT2D eigenvalue weighted by Gasteiger charge is -2.70. The Morgan fingerprint density at radius 3 is 2.34 bits per heavy atom. The highest BCUT2D eigenvalue weighted by Gasteiger charge is 2.74. The Kier molecular flexibility index (Phi) is 8.11. The summed E-state index contributed by atoms with van der Waals surface area (Å²) in [5.74, 6) is -1.46. The van der Waals surface area contributed by atoms with Crippen molar-refractivity contribution in [2.45, 2.75) is 119 Å². The van der Waals surface area contributed by atoms with Crippen molar-refractivity contribution in [3.8, 4) is 0 Å². The first-order valence-electron chi connectivity index (χ1n) is 16.8. The predicted octanol–water partition coefficient (Wildman–Crippen LogP) is 5.81. The highest BCUT2D eigenvalue weighted by atomic mass is 16.6. The number of ether oxygens (including phenoxy) is 3. The zero-order chi connectivity index (χ0) is 32.8. The molecule has 0 amide bonds. The van der Waals surface area contributed by atoms with Gasteiger partial charge in [-0.05, 0) is 86.5 Å². The third-order valence-corrected chi connectivity index (χ3v) is 13.9. The highest BCUT2D eigenvalue weighted by molar-refractivity contribution is 6.00. The monoisotopic (exact) mass is 615 g/mol. The van der Waals surface area contributed by atoms with Crippen molar-refractivity contribution in [1.29, 1.82) is 0 Å². The molecule has 248 valence electrons. The van der Waals surface area contributed by atoms with Gasteiger partial charge in [0, 0.05) is 28.7 Å². The minimum Gasteiger partial charge on any atom is -0.481 e. The van der Waals surface area contributed by atoms with Crippen LogP contribution in [0.4, 0.5) is 0 Å². The Morgan fingerprint density at radius 2 is 1.77 bits per heavy atom. The second-order valence-electron chi connectivity index (χ2n) is 17.3. The van der Waals surface area contributed by atoms with Crippen molar-refractivity contribution >= 4 is 17.7 Å². The molecule has 11 atom stereocenters. The maximum absolute atomic E-state index is 14.7. The van der Waals surface area contributed by atoms with E-state index in [1.54, 1.807) is 0 Å². The molecule has 5 aliphatic rings. The highest BCUT2D eigenvalue weighted by Crippen LogP contribution is 2.74. The summed E-state index contributed by atoms with van der Waals surface area (Å²) in [4.78, 5) is 40.5. The number of carbonyl (C=O) groups is 3. The van der Waals surface area contributed by atoms with E-state index in [1.807, 2.05) is 26.8 Å². The summed E-state index contributed by atoms with van der Waals surface area (Å²) in [6.45, 7) is 21.4. The van der Waals surface area contributed by atoms with Crippen LogP contribution >= 0.6 is 0 Å². The average molecular weight is 616 g/mol. The van der Waals surface area contributed by atoms with Gasteiger partial charge >= 0.3 is 11.9 Å². The van der Waals surface area contributed by atoms with Crippen LogP contribution in [0.25, 0.3) is 0 Å². The fraction of sp³-hybridized carbons (Fsp3) is 0.861. The van der Waals surface area contributed by atoms with Gasteiger partial charge < -0.3 is 25.1 Å². The van der Waals surface area contributed by atoms with Crippen molar-refractivity contribution in [2.75, 3.05) is 19.8 Å². The van der Waals surface area contributed by atoms with Gasteiger partial charge in [-0.2, -0.15) is 0 Å². The molecule has 4 aliphatic carbocycles. The number of aliphatic carboxylic acids is 1. The first-order valence-corrected chi connectivity index (χ1v) is 16.8. The molecular formula is C36H57NO7.